The summed E-state index contributed by atoms with van der Waals surface area (Å²) in [5.74, 6) is -3.98. The van der Waals surface area contributed by atoms with Crippen molar-refractivity contribution >= 4 is 32.2 Å². The van der Waals surface area contributed by atoms with Gasteiger partial charge in [-0.1, -0.05) is 0 Å². The lowest BCUT2D eigenvalue weighted by Gasteiger charge is -2.10. The molecule has 0 saturated heterocycles. The fraction of sp³-hybridized carbons (Fsp3) is 0. The molecule has 0 saturated carbocycles. The average Bonchev–Trinajstić information content (AvgIpc) is 2.24. The van der Waals surface area contributed by atoms with E-state index in [4.69, 9.17) is 19.3 Å². The van der Waals surface area contributed by atoms with Crippen LogP contribution in [0.15, 0.2) is 21.9 Å². The molecule has 0 aromatic heterocycles. The summed E-state index contributed by atoms with van der Waals surface area (Å²) in [7, 11) is -10.6. The van der Waals surface area contributed by atoms with Gasteiger partial charge in [0.2, 0.25) is 0 Å². The largest absolute Gasteiger partial charge is 0.478 e. The molecule has 0 aliphatic carbocycles. The zero-order valence-corrected chi connectivity index (χ0v) is 10.8. The van der Waals surface area contributed by atoms with Crippen LogP contribution in [0.5, 0.6) is 0 Å². The van der Waals surface area contributed by atoms with Gasteiger partial charge in [0.1, 0.15) is 9.79 Å². The number of rotatable bonds is 4. The Hall–Kier alpha value is -2.02. The first kappa shape index (κ1) is 16.0. The maximum atomic E-state index is 11.1. The van der Waals surface area contributed by atoms with E-state index in [0.29, 0.717) is 12.1 Å². The van der Waals surface area contributed by atoms with Gasteiger partial charge in [-0.3, -0.25) is 9.11 Å². The first-order valence-corrected chi connectivity index (χ1v) is 7.34. The van der Waals surface area contributed by atoms with Crippen molar-refractivity contribution in [3.05, 3.63) is 23.3 Å². The molecule has 0 fully saturated rings. The quantitative estimate of drug-likeness (QED) is 0.529. The average molecular weight is 326 g/mol. The van der Waals surface area contributed by atoms with E-state index in [9.17, 15) is 26.4 Å². The van der Waals surface area contributed by atoms with Gasteiger partial charge in [0.15, 0.2) is 0 Å². The van der Waals surface area contributed by atoms with Crippen molar-refractivity contribution in [3.63, 3.8) is 0 Å². The highest BCUT2D eigenvalue weighted by Gasteiger charge is 2.33. The molecule has 0 bridgehead atoms. The minimum absolute atomic E-state index is 0.355. The molecular weight excluding hydrogens is 320 g/mol. The van der Waals surface area contributed by atoms with Crippen molar-refractivity contribution in [2.75, 3.05) is 0 Å². The predicted octanol–water partition coefficient (Wildman–Crippen LogP) is -0.424. The maximum Gasteiger partial charge on any atom is 0.338 e. The van der Waals surface area contributed by atoms with Crippen LogP contribution in [-0.4, -0.2) is 48.1 Å². The highest BCUT2D eigenvalue weighted by molar-refractivity contribution is 7.89. The van der Waals surface area contributed by atoms with Gasteiger partial charge in [0, 0.05) is 0 Å². The number of benzene rings is 1. The number of carboxylic acid groups (broad SMARTS) is 2. The van der Waals surface area contributed by atoms with Crippen LogP contribution in [0.1, 0.15) is 20.7 Å². The number of carboxylic acids is 2. The van der Waals surface area contributed by atoms with Gasteiger partial charge in [0.25, 0.3) is 20.2 Å². The summed E-state index contributed by atoms with van der Waals surface area (Å²) in [4.78, 5) is 18.6. The van der Waals surface area contributed by atoms with E-state index >= 15 is 0 Å². The van der Waals surface area contributed by atoms with Crippen LogP contribution in [0.4, 0.5) is 0 Å². The zero-order chi connectivity index (χ0) is 15.9. The van der Waals surface area contributed by atoms with Crippen molar-refractivity contribution in [2.45, 2.75) is 9.79 Å². The van der Waals surface area contributed by atoms with Crippen LogP contribution < -0.4 is 0 Å². The highest BCUT2D eigenvalue weighted by Crippen LogP contribution is 2.28. The first-order valence-electron chi connectivity index (χ1n) is 4.46. The van der Waals surface area contributed by atoms with Gasteiger partial charge in [0.05, 0.1) is 11.1 Å². The Morgan fingerprint density at radius 1 is 0.850 bits per heavy atom. The summed E-state index contributed by atoms with van der Waals surface area (Å²) in [5.41, 5.74) is -2.55. The molecule has 110 valence electrons. The summed E-state index contributed by atoms with van der Waals surface area (Å²) in [6, 6.07) is 0.831. The van der Waals surface area contributed by atoms with Crippen LogP contribution in [0.2, 0.25) is 0 Å². The molecule has 1 aromatic rings. The van der Waals surface area contributed by atoms with Gasteiger partial charge in [-0.15, -0.1) is 0 Å². The minimum Gasteiger partial charge on any atom is -0.478 e. The van der Waals surface area contributed by atoms with Gasteiger partial charge in [-0.05, 0) is 12.1 Å². The topological polar surface area (TPSA) is 183 Å². The Kier molecular flexibility index (Phi) is 3.87. The van der Waals surface area contributed by atoms with Crippen LogP contribution in [0.25, 0.3) is 0 Å². The van der Waals surface area contributed by atoms with Gasteiger partial charge >= 0.3 is 11.9 Å². The molecule has 0 aliphatic rings. The fourth-order valence-corrected chi connectivity index (χ4v) is 3.40. The van der Waals surface area contributed by atoms with Gasteiger partial charge < -0.3 is 10.2 Å². The molecule has 0 atom stereocenters. The summed E-state index contributed by atoms with van der Waals surface area (Å²) in [6.45, 7) is 0. The Morgan fingerprint density at radius 2 is 1.35 bits per heavy atom. The molecule has 0 radical (unpaired) electrons. The molecule has 1 rings (SSSR count). The van der Waals surface area contributed by atoms with Gasteiger partial charge in [-0.25, -0.2) is 9.59 Å². The van der Waals surface area contributed by atoms with Crippen molar-refractivity contribution in [2.24, 2.45) is 0 Å². The van der Waals surface area contributed by atoms with E-state index in [1.54, 1.807) is 0 Å². The maximum absolute atomic E-state index is 11.1. The monoisotopic (exact) mass is 326 g/mol. The molecule has 20 heavy (non-hydrogen) atoms. The molecule has 12 heteroatoms. The Bertz CT molecular complexity index is 802. The van der Waals surface area contributed by atoms with Crippen molar-refractivity contribution in [1.29, 1.82) is 0 Å². The molecule has 0 aliphatic heterocycles. The molecule has 1 aromatic carbocycles. The summed E-state index contributed by atoms with van der Waals surface area (Å²) < 4.78 is 62.0. The third-order valence-electron chi connectivity index (χ3n) is 2.10. The SMILES string of the molecule is O=C(O)c1ccc(S(=O)(=O)O)c(S(=O)(=O)O)c1C(=O)O. The smallest absolute Gasteiger partial charge is 0.338 e. The molecule has 4 N–H and O–H groups in total. The normalized spacial score (nSPS) is 12.1. The highest BCUT2D eigenvalue weighted by atomic mass is 32.2. The molecule has 0 unspecified atom stereocenters. The molecular formula is C8H6O10S2. The number of aromatic carboxylic acids is 2. The standard InChI is InChI=1S/C8H6O10S2/c9-7(10)3-1-2-4(19(13,14)15)6(20(16,17)18)5(3)8(11)12/h1-2H,(H,9,10)(H,11,12)(H,13,14,15)(H,16,17,18). The fourth-order valence-electron chi connectivity index (χ4n) is 1.41. The molecule has 10 nitrogen and oxygen atoms in total. The number of hydrogen-bond acceptors (Lipinski definition) is 6. The van der Waals surface area contributed by atoms with E-state index < -0.39 is 53.1 Å². The van der Waals surface area contributed by atoms with E-state index in [0.717, 1.165) is 0 Å². The van der Waals surface area contributed by atoms with E-state index in [1.165, 1.54) is 0 Å². The second-order valence-corrected chi connectivity index (χ2v) is 6.12. The number of hydrogen-bond donors (Lipinski definition) is 4. The van der Waals surface area contributed by atoms with Gasteiger partial charge in [-0.2, -0.15) is 16.8 Å². The van der Waals surface area contributed by atoms with Crippen LogP contribution in [0.3, 0.4) is 0 Å². The minimum atomic E-state index is -5.43. The Morgan fingerprint density at radius 3 is 1.65 bits per heavy atom. The lowest BCUT2D eigenvalue weighted by Crippen LogP contribution is -2.18. The van der Waals surface area contributed by atoms with Crippen LogP contribution in [-0.2, 0) is 20.2 Å². The van der Waals surface area contributed by atoms with Crippen molar-refractivity contribution < 1.29 is 45.7 Å². The van der Waals surface area contributed by atoms with Crippen LogP contribution in [0, 0.1) is 0 Å². The summed E-state index contributed by atoms with van der Waals surface area (Å²) in [6.07, 6.45) is 0. The van der Waals surface area contributed by atoms with E-state index in [1.807, 2.05) is 0 Å². The lowest BCUT2D eigenvalue weighted by atomic mass is 10.1. The third kappa shape index (κ3) is 2.93. The van der Waals surface area contributed by atoms with Crippen molar-refractivity contribution in [3.8, 4) is 0 Å². The van der Waals surface area contributed by atoms with Crippen LogP contribution >= 0.6 is 0 Å². The second-order valence-electron chi connectivity index (χ2n) is 3.38. The summed E-state index contributed by atoms with van der Waals surface area (Å²) in [5, 5.41) is 17.6. The van der Waals surface area contributed by atoms with E-state index in [2.05, 4.69) is 0 Å². The second kappa shape index (κ2) is 4.82. The zero-order valence-electron chi connectivity index (χ0n) is 9.21. The Labute approximate surface area is 111 Å². The number of carbonyl (C=O) groups is 2. The molecule has 0 spiro atoms. The summed E-state index contributed by atoms with van der Waals surface area (Å²) >= 11 is 0. The molecule has 0 heterocycles. The van der Waals surface area contributed by atoms with E-state index in [-0.39, 0.29) is 0 Å². The van der Waals surface area contributed by atoms with Crippen molar-refractivity contribution in [1.82, 2.24) is 0 Å². The molecule has 0 amide bonds. The third-order valence-corrected chi connectivity index (χ3v) is 4.07. The first-order chi connectivity index (χ1) is 8.87. The lowest BCUT2D eigenvalue weighted by molar-refractivity contribution is 0.0647. The Balaban J connectivity index is 4.13. The predicted molar refractivity (Wildman–Crippen MR) is 60.0 cm³/mol.